The highest BCUT2D eigenvalue weighted by Gasteiger charge is 2.39. The summed E-state index contributed by atoms with van der Waals surface area (Å²) in [7, 11) is 0. The smallest absolute Gasteiger partial charge is 0.0399 e. The van der Waals surface area contributed by atoms with Gasteiger partial charge in [0.25, 0.3) is 0 Å². The van der Waals surface area contributed by atoms with Crippen LogP contribution >= 0.6 is 0 Å². The average Bonchev–Trinajstić information content (AvgIpc) is 2.48. The molecule has 166 valence electrons. The van der Waals surface area contributed by atoms with Crippen LogP contribution in [0.1, 0.15) is 105 Å². The predicted molar refractivity (Wildman–Crippen MR) is 136 cm³/mol. The highest BCUT2D eigenvalue weighted by atomic mass is 14.6. The second kappa shape index (κ2) is 7.32. The summed E-state index contributed by atoms with van der Waals surface area (Å²) in [5.41, 5.74) is 22.5. The molecule has 0 unspecified atom stereocenters. The fraction of sp³-hybridized carbons (Fsp3) is 0.571. The summed E-state index contributed by atoms with van der Waals surface area (Å²) in [6.07, 6.45) is 0. The molecule has 0 aliphatic carbocycles. The number of benzene rings is 2. The number of anilines is 2. The van der Waals surface area contributed by atoms with Crippen LogP contribution in [-0.2, 0) is 21.7 Å². The van der Waals surface area contributed by atoms with Crippen molar-refractivity contribution in [3.8, 4) is 11.1 Å². The van der Waals surface area contributed by atoms with Crippen molar-refractivity contribution in [1.82, 2.24) is 0 Å². The van der Waals surface area contributed by atoms with Gasteiger partial charge >= 0.3 is 0 Å². The summed E-state index contributed by atoms with van der Waals surface area (Å²) in [5.74, 6) is 0. The van der Waals surface area contributed by atoms with Gasteiger partial charge < -0.3 is 11.5 Å². The molecule has 2 aromatic rings. The van der Waals surface area contributed by atoms with Gasteiger partial charge in [-0.05, 0) is 67.2 Å². The zero-order valence-corrected chi connectivity index (χ0v) is 21.5. The van der Waals surface area contributed by atoms with Gasteiger partial charge in [-0.25, -0.2) is 0 Å². The lowest BCUT2D eigenvalue weighted by Gasteiger charge is -2.42. The van der Waals surface area contributed by atoms with Crippen LogP contribution in [0.3, 0.4) is 0 Å². The first-order valence-electron chi connectivity index (χ1n) is 11.1. The summed E-state index contributed by atoms with van der Waals surface area (Å²) < 4.78 is 0. The van der Waals surface area contributed by atoms with Crippen LogP contribution in [-0.4, -0.2) is 0 Å². The van der Waals surface area contributed by atoms with Gasteiger partial charge in [0.05, 0.1) is 0 Å². The lowest BCUT2D eigenvalue weighted by Crippen LogP contribution is -2.33. The predicted octanol–water partition coefficient (Wildman–Crippen LogP) is 7.71. The highest BCUT2D eigenvalue weighted by molar-refractivity contribution is 5.85. The molecule has 0 spiro atoms. The molecule has 0 saturated carbocycles. The maximum atomic E-state index is 7.11. The molecular weight excluding hydrogens is 364 g/mol. The van der Waals surface area contributed by atoms with E-state index in [0.29, 0.717) is 0 Å². The topological polar surface area (TPSA) is 52.0 Å². The summed E-state index contributed by atoms with van der Waals surface area (Å²) >= 11 is 0. The minimum absolute atomic E-state index is 0.0508. The van der Waals surface area contributed by atoms with E-state index in [1.807, 2.05) is 12.1 Å². The van der Waals surface area contributed by atoms with E-state index >= 15 is 0 Å². The van der Waals surface area contributed by atoms with E-state index in [1.54, 1.807) is 0 Å². The Morgan fingerprint density at radius 1 is 0.533 bits per heavy atom. The summed E-state index contributed by atoms with van der Waals surface area (Å²) in [4.78, 5) is 0. The van der Waals surface area contributed by atoms with E-state index in [2.05, 4.69) is 95.2 Å². The van der Waals surface area contributed by atoms with Crippen LogP contribution in [0.25, 0.3) is 11.1 Å². The SMILES string of the molecule is CC(C)(C)c1c(N)c(C(C)(C)C)c(C(C)(C)C)c(C(C)(C)C)c1-c1cccc(N)c1. The Morgan fingerprint density at radius 3 is 1.33 bits per heavy atom. The third-order valence-corrected chi connectivity index (χ3v) is 5.71. The minimum atomic E-state index is -0.111. The van der Waals surface area contributed by atoms with E-state index in [9.17, 15) is 0 Å². The highest BCUT2D eigenvalue weighted by Crippen LogP contribution is 2.52. The summed E-state index contributed by atoms with van der Waals surface area (Å²) in [6.45, 7) is 27.6. The molecule has 2 heteroatoms. The molecule has 0 radical (unpaired) electrons. The molecule has 0 heterocycles. The third-order valence-electron chi connectivity index (χ3n) is 5.71. The Kier molecular flexibility index (Phi) is 5.93. The Hall–Kier alpha value is -1.96. The standard InChI is InChI=1S/C28H44N2/c1-25(2,3)20-19(17-14-13-15-18(29)16-17)21(26(4,5)6)24(30)23(28(10,11)12)22(20)27(7,8)9/h13-16H,29-30H2,1-12H3. The van der Waals surface area contributed by atoms with Gasteiger partial charge in [0.1, 0.15) is 0 Å². The van der Waals surface area contributed by atoms with Crippen molar-refractivity contribution in [2.24, 2.45) is 0 Å². The Bertz CT molecular complexity index is 937. The first-order valence-corrected chi connectivity index (χ1v) is 11.1. The van der Waals surface area contributed by atoms with E-state index < -0.39 is 0 Å². The van der Waals surface area contributed by atoms with Crippen LogP contribution < -0.4 is 11.5 Å². The van der Waals surface area contributed by atoms with Crippen molar-refractivity contribution in [2.75, 3.05) is 11.5 Å². The van der Waals surface area contributed by atoms with Gasteiger partial charge in [-0.3, -0.25) is 0 Å². The van der Waals surface area contributed by atoms with Gasteiger partial charge in [-0.1, -0.05) is 95.2 Å². The van der Waals surface area contributed by atoms with Gasteiger partial charge in [0.15, 0.2) is 0 Å². The third kappa shape index (κ3) is 4.53. The van der Waals surface area contributed by atoms with Gasteiger partial charge in [0, 0.05) is 11.4 Å². The van der Waals surface area contributed by atoms with Crippen LogP contribution in [0.5, 0.6) is 0 Å². The lowest BCUT2D eigenvalue weighted by atomic mass is 9.62. The molecule has 0 aromatic heterocycles. The molecule has 0 saturated heterocycles. The molecule has 4 N–H and O–H groups in total. The van der Waals surface area contributed by atoms with E-state index in [-0.39, 0.29) is 21.7 Å². The minimum Gasteiger partial charge on any atom is -0.399 e. The number of hydrogen-bond acceptors (Lipinski definition) is 2. The molecule has 0 fully saturated rings. The molecule has 2 aromatic carbocycles. The molecule has 2 rings (SSSR count). The van der Waals surface area contributed by atoms with E-state index in [1.165, 1.54) is 27.8 Å². The normalized spacial score (nSPS) is 13.6. The molecular formula is C28H44N2. The van der Waals surface area contributed by atoms with Crippen molar-refractivity contribution in [3.05, 3.63) is 46.5 Å². The molecule has 0 atom stereocenters. The number of rotatable bonds is 1. The van der Waals surface area contributed by atoms with E-state index in [4.69, 9.17) is 11.5 Å². The largest absolute Gasteiger partial charge is 0.399 e. The van der Waals surface area contributed by atoms with Crippen LogP contribution in [0, 0.1) is 0 Å². The number of nitrogen functional groups attached to an aromatic ring is 2. The Morgan fingerprint density at radius 2 is 0.967 bits per heavy atom. The van der Waals surface area contributed by atoms with Crippen LogP contribution in [0.2, 0.25) is 0 Å². The monoisotopic (exact) mass is 408 g/mol. The molecule has 0 aliphatic heterocycles. The zero-order valence-electron chi connectivity index (χ0n) is 21.5. The first-order chi connectivity index (χ1) is 13.3. The van der Waals surface area contributed by atoms with E-state index in [0.717, 1.165) is 16.9 Å². The quantitative estimate of drug-likeness (QED) is 0.475. The molecule has 0 aliphatic rings. The summed E-state index contributed by atoms with van der Waals surface area (Å²) in [6, 6.07) is 8.28. The van der Waals surface area contributed by atoms with Crippen molar-refractivity contribution in [3.63, 3.8) is 0 Å². The van der Waals surface area contributed by atoms with Crippen molar-refractivity contribution >= 4 is 11.4 Å². The Labute approximate surface area is 185 Å². The van der Waals surface area contributed by atoms with Crippen molar-refractivity contribution in [2.45, 2.75) is 105 Å². The number of hydrogen-bond donors (Lipinski definition) is 2. The molecule has 2 nitrogen and oxygen atoms in total. The maximum Gasteiger partial charge on any atom is 0.0399 e. The fourth-order valence-corrected chi connectivity index (χ4v) is 4.81. The van der Waals surface area contributed by atoms with Crippen LogP contribution in [0.4, 0.5) is 11.4 Å². The maximum absolute atomic E-state index is 7.11. The number of nitrogens with two attached hydrogens (primary N) is 2. The van der Waals surface area contributed by atoms with Gasteiger partial charge in [-0.15, -0.1) is 0 Å². The van der Waals surface area contributed by atoms with Gasteiger partial charge in [-0.2, -0.15) is 0 Å². The molecule has 0 bridgehead atoms. The van der Waals surface area contributed by atoms with Crippen molar-refractivity contribution < 1.29 is 0 Å². The molecule has 30 heavy (non-hydrogen) atoms. The zero-order chi connectivity index (χ0) is 23.4. The fourth-order valence-electron chi connectivity index (χ4n) is 4.81. The summed E-state index contributed by atoms with van der Waals surface area (Å²) in [5, 5.41) is 0. The average molecular weight is 409 g/mol. The Balaban J connectivity index is 3.36. The van der Waals surface area contributed by atoms with Crippen LogP contribution in [0.15, 0.2) is 24.3 Å². The first kappa shape index (κ1) is 24.3. The second-order valence-corrected chi connectivity index (χ2v) is 12.9. The lowest BCUT2D eigenvalue weighted by molar-refractivity contribution is 0.494. The molecule has 0 amide bonds. The second-order valence-electron chi connectivity index (χ2n) is 12.9. The van der Waals surface area contributed by atoms with Crippen molar-refractivity contribution in [1.29, 1.82) is 0 Å². The van der Waals surface area contributed by atoms with Gasteiger partial charge in [0.2, 0.25) is 0 Å².